The van der Waals surface area contributed by atoms with Crippen LogP contribution >= 0.6 is 15.9 Å². The van der Waals surface area contributed by atoms with Crippen LogP contribution in [0, 0.1) is 0 Å². The van der Waals surface area contributed by atoms with E-state index in [2.05, 4.69) is 52.1 Å². The molecule has 1 saturated heterocycles. The van der Waals surface area contributed by atoms with Gasteiger partial charge in [-0.25, -0.2) is 0 Å². The summed E-state index contributed by atoms with van der Waals surface area (Å²) in [5.41, 5.74) is 1.25. The topological polar surface area (TPSA) is 24.5 Å². The molecule has 0 aromatic heterocycles. The Kier molecular flexibility index (Phi) is 7.00. The van der Waals surface area contributed by atoms with Gasteiger partial charge in [0.2, 0.25) is 0 Å². The van der Waals surface area contributed by atoms with Crippen LogP contribution < -0.4 is 10.1 Å². The minimum Gasteiger partial charge on any atom is -0.492 e. The molecule has 1 fully saturated rings. The van der Waals surface area contributed by atoms with Crippen molar-refractivity contribution in [1.82, 2.24) is 10.2 Å². The van der Waals surface area contributed by atoms with Gasteiger partial charge in [-0.15, -0.1) is 0 Å². The molecule has 0 aliphatic carbocycles. The zero-order valence-corrected chi connectivity index (χ0v) is 14.8. The van der Waals surface area contributed by atoms with Crippen LogP contribution in [0.3, 0.4) is 0 Å². The second-order valence-corrected chi connectivity index (χ2v) is 6.89. The first-order valence-corrected chi connectivity index (χ1v) is 8.81. The third kappa shape index (κ3) is 5.97. The Morgan fingerprint density at radius 2 is 2.00 bits per heavy atom. The molecular weight excluding hydrogens is 328 g/mol. The number of halogens is 1. The maximum absolute atomic E-state index is 5.92. The second-order valence-electron chi connectivity index (χ2n) is 6.04. The quantitative estimate of drug-likeness (QED) is 0.805. The summed E-state index contributed by atoms with van der Waals surface area (Å²) in [6.45, 7) is 9.45. The van der Waals surface area contributed by atoms with Crippen molar-refractivity contribution in [2.24, 2.45) is 0 Å². The minimum absolute atomic E-state index is 0.487. The lowest BCUT2D eigenvalue weighted by Gasteiger charge is -2.26. The van der Waals surface area contributed by atoms with Crippen molar-refractivity contribution < 1.29 is 4.74 Å². The van der Waals surface area contributed by atoms with Gasteiger partial charge in [0, 0.05) is 23.6 Å². The van der Waals surface area contributed by atoms with Gasteiger partial charge in [0.1, 0.15) is 12.4 Å². The molecule has 1 aliphatic heterocycles. The zero-order chi connectivity index (χ0) is 15.1. The fourth-order valence-electron chi connectivity index (χ4n) is 2.57. The maximum Gasteiger partial charge on any atom is 0.119 e. The predicted molar refractivity (Wildman–Crippen MR) is 91.9 cm³/mol. The first-order chi connectivity index (χ1) is 10.1. The van der Waals surface area contributed by atoms with Crippen LogP contribution in [0.15, 0.2) is 22.7 Å². The highest BCUT2D eigenvalue weighted by Gasteiger charge is 2.10. The fraction of sp³-hybridized carbons (Fsp3) is 0.647. The molecule has 0 radical (unpaired) electrons. The molecule has 1 aliphatic rings. The predicted octanol–water partition coefficient (Wildman–Crippen LogP) is 3.81. The summed E-state index contributed by atoms with van der Waals surface area (Å²) >= 11 is 3.61. The Morgan fingerprint density at radius 1 is 1.24 bits per heavy atom. The number of rotatable bonds is 7. The fourth-order valence-corrected chi connectivity index (χ4v) is 2.95. The van der Waals surface area contributed by atoms with E-state index >= 15 is 0 Å². The van der Waals surface area contributed by atoms with Crippen LogP contribution in [-0.4, -0.2) is 37.2 Å². The Morgan fingerprint density at radius 3 is 2.71 bits per heavy atom. The van der Waals surface area contributed by atoms with Crippen LogP contribution in [0.2, 0.25) is 0 Å². The molecule has 3 nitrogen and oxygen atoms in total. The number of nitrogens with one attached hydrogen (secondary N) is 1. The molecule has 4 heteroatoms. The standard InChI is InChI=1S/C17H27BrN2O/c1-14(2)19-13-15-12-16(6-7-17(15)18)21-11-10-20-8-4-3-5-9-20/h6-7,12,14,19H,3-5,8-11,13H2,1-2H3. The Bertz CT molecular complexity index is 431. The van der Waals surface area contributed by atoms with Crippen molar-refractivity contribution in [2.75, 3.05) is 26.2 Å². The second kappa shape index (κ2) is 8.76. The summed E-state index contributed by atoms with van der Waals surface area (Å²) in [4.78, 5) is 2.50. The molecule has 21 heavy (non-hydrogen) atoms. The van der Waals surface area contributed by atoms with Gasteiger partial charge in [0.05, 0.1) is 0 Å². The van der Waals surface area contributed by atoms with Gasteiger partial charge in [-0.3, -0.25) is 4.90 Å². The summed E-state index contributed by atoms with van der Waals surface area (Å²) in [5, 5.41) is 3.44. The van der Waals surface area contributed by atoms with Gasteiger partial charge >= 0.3 is 0 Å². The first-order valence-electron chi connectivity index (χ1n) is 8.02. The van der Waals surface area contributed by atoms with E-state index < -0.39 is 0 Å². The van der Waals surface area contributed by atoms with E-state index in [1.807, 2.05) is 6.07 Å². The molecule has 0 spiro atoms. The number of hydrogen-bond acceptors (Lipinski definition) is 3. The molecule has 1 heterocycles. The van der Waals surface area contributed by atoms with Crippen LogP contribution in [-0.2, 0) is 6.54 Å². The molecule has 118 valence electrons. The van der Waals surface area contributed by atoms with Crippen molar-refractivity contribution in [3.05, 3.63) is 28.2 Å². The monoisotopic (exact) mass is 354 g/mol. The average molecular weight is 355 g/mol. The average Bonchev–Trinajstić information content (AvgIpc) is 2.48. The molecule has 1 N–H and O–H groups in total. The summed E-state index contributed by atoms with van der Waals surface area (Å²) < 4.78 is 7.06. The minimum atomic E-state index is 0.487. The van der Waals surface area contributed by atoms with Crippen LogP contribution in [0.5, 0.6) is 5.75 Å². The Balaban J connectivity index is 1.80. The van der Waals surface area contributed by atoms with Crippen molar-refractivity contribution in [3.63, 3.8) is 0 Å². The number of piperidine rings is 1. The Hall–Kier alpha value is -0.580. The van der Waals surface area contributed by atoms with Crippen LogP contribution in [0.1, 0.15) is 38.7 Å². The number of nitrogens with zero attached hydrogens (tertiary/aromatic N) is 1. The summed E-state index contributed by atoms with van der Waals surface area (Å²) in [6, 6.07) is 6.74. The van der Waals surface area contributed by atoms with Crippen LogP contribution in [0.25, 0.3) is 0 Å². The molecular formula is C17H27BrN2O. The molecule has 1 aromatic rings. The molecule has 0 atom stereocenters. The van der Waals surface area contributed by atoms with E-state index in [1.54, 1.807) is 0 Å². The van der Waals surface area contributed by atoms with Crippen molar-refractivity contribution in [1.29, 1.82) is 0 Å². The molecule has 0 amide bonds. The van der Waals surface area contributed by atoms with Crippen molar-refractivity contribution in [2.45, 2.75) is 45.7 Å². The van der Waals surface area contributed by atoms with Gasteiger partial charge in [-0.1, -0.05) is 36.2 Å². The highest BCUT2D eigenvalue weighted by Crippen LogP contribution is 2.22. The molecule has 0 bridgehead atoms. The number of likely N-dealkylation sites (tertiary alicyclic amines) is 1. The number of hydrogen-bond donors (Lipinski definition) is 1. The lowest BCUT2D eigenvalue weighted by Crippen LogP contribution is -2.33. The van der Waals surface area contributed by atoms with Crippen molar-refractivity contribution >= 4 is 15.9 Å². The van der Waals surface area contributed by atoms with Crippen molar-refractivity contribution in [3.8, 4) is 5.75 Å². The largest absolute Gasteiger partial charge is 0.492 e. The zero-order valence-electron chi connectivity index (χ0n) is 13.2. The molecule has 0 unspecified atom stereocenters. The highest BCUT2D eigenvalue weighted by molar-refractivity contribution is 9.10. The highest BCUT2D eigenvalue weighted by atomic mass is 79.9. The molecule has 2 rings (SSSR count). The van der Waals surface area contributed by atoms with E-state index in [9.17, 15) is 0 Å². The third-order valence-electron chi connectivity index (χ3n) is 3.84. The maximum atomic E-state index is 5.92. The van der Waals surface area contributed by atoms with E-state index in [1.165, 1.54) is 37.9 Å². The Labute approximate surface area is 137 Å². The van der Waals surface area contributed by atoms with Gasteiger partial charge in [0.25, 0.3) is 0 Å². The number of ether oxygens (including phenoxy) is 1. The first kappa shape index (κ1) is 16.8. The number of benzene rings is 1. The lowest BCUT2D eigenvalue weighted by molar-refractivity contribution is 0.183. The van der Waals surface area contributed by atoms with E-state index in [-0.39, 0.29) is 0 Å². The van der Waals surface area contributed by atoms with E-state index in [0.29, 0.717) is 6.04 Å². The lowest BCUT2D eigenvalue weighted by atomic mass is 10.1. The van der Waals surface area contributed by atoms with Gasteiger partial charge < -0.3 is 10.1 Å². The SMILES string of the molecule is CC(C)NCc1cc(OCCN2CCCCC2)ccc1Br. The summed E-state index contributed by atoms with van der Waals surface area (Å²) in [6.07, 6.45) is 4.06. The van der Waals surface area contributed by atoms with Gasteiger partial charge in [-0.05, 0) is 49.7 Å². The third-order valence-corrected chi connectivity index (χ3v) is 4.62. The summed E-state index contributed by atoms with van der Waals surface area (Å²) in [5.74, 6) is 0.968. The van der Waals surface area contributed by atoms with E-state index in [0.717, 1.165) is 29.9 Å². The van der Waals surface area contributed by atoms with Crippen LogP contribution in [0.4, 0.5) is 0 Å². The van der Waals surface area contributed by atoms with Gasteiger partial charge in [0.15, 0.2) is 0 Å². The van der Waals surface area contributed by atoms with E-state index in [4.69, 9.17) is 4.74 Å². The molecule has 1 aromatic carbocycles. The smallest absolute Gasteiger partial charge is 0.119 e. The normalized spacial score (nSPS) is 16.4. The summed E-state index contributed by atoms with van der Waals surface area (Å²) in [7, 11) is 0. The molecule has 0 saturated carbocycles. The van der Waals surface area contributed by atoms with Gasteiger partial charge in [-0.2, -0.15) is 0 Å².